The Kier molecular flexibility index (Phi) is 4.81. The van der Waals surface area contributed by atoms with Crippen LogP contribution in [-0.2, 0) is 4.84 Å². The smallest absolute Gasteiger partial charge is 0.0793 e. The molecular weight excluding hydrogens is 258 g/mol. The second-order valence-corrected chi connectivity index (χ2v) is 9.76. The van der Waals surface area contributed by atoms with Gasteiger partial charge in [-0.15, -0.1) is 0 Å². The van der Waals surface area contributed by atoms with Crippen molar-refractivity contribution in [2.24, 2.45) is 11.3 Å². The molecule has 1 heterocycles. The molecule has 0 spiro atoms. The van der Waals surface area contributed by atoms with Crippen molar-refractivity contribution < 1.29 is 4.84 Å². The van der Waals surface area contributed by atoms with Gasteiger partial charge < -0.3 is 0 Å². The highest BCUT2D eigenvalue weighted by Crippen LogP contribution is 2.48. The second kappa shape index (κ2) is 5.85. The minimum absolute atomic E-state index is 0.122. The molecule has 0 amide bonds. The predicted octanol–water partition coefficient (Wildman–Crippen LogP) is 5.57. The maximum atomic E-state index is 6.56. The van der Waals surface area contributed by atoms with Gasteiger partial charge in [0, 0.05) is 11.1 Å². The van der Waals surface area contributed by atoms with Crippen molar-refractivity contribution in [3.63, 3.8) is 0 Å². The molecule has 0 aromatic carbocycles. The molecule has 0 aromatic rings. The quantitative estimate of drug-likeness (QED) is 0.660. The Bertz CT molecular complexity index is 329. The number of hydrogen-bond donors (Lipinski definition) is 0. The summed E-state index contributed by atoms with van der Waals surface area (Å²) in [7, 11) is 0. The van der Waals surface area contributed by atoms with Crippen molar-refractivity contribution in [1.29, 1.82) is 0 Å². The first kappa shape index (κ1) is 17.3. The summed E-state index contributed by atoms with van der Waals surface area (Å²) in [5, 5.41) is 2.37. The van der Waals surface area contributed by atoms with Crippen LogP contribution >= 0.6 is 0 Å². The molecule has 0 unspecified atom stereocenters. The van der Waals surface area contributed by atoms with Crippen molar-refractivity contribution in [2.45, 2.75) is 111 Å². The fraction of sp³-hybridized carbons (Fsp3) is 1.00. The highest BCUT2D eigenvalue weighted by atomic mass is 16.7. The molecular formula is C19H37NO. The molecule has 21 heavy (non-hydrogen) atoms. The van der Waals surface area contributed by atoms with Crippen LogP contribution in [0.25, 0.3) is 0 Å². The molecule has 0 N–H and O–H groups in total. The first-order valence-corrected chi connectivity index (χ1v) is 8.99. The van der Waals surface area contributed by atoms with Gasteiger partial charge in [-0.2, -0.15) is 5.06 Å². The number of hydrogen-bond acceptors (Lipinski definition) is 2. The Labute approximate surface area is 132 Å². The summed E-state index contributed by atoms with van der Waals surface area (Å²) in [5.74, 6) is 0.758. The zero-order chi connectivity index (χ0) is 15.9. The highest BCUT2D eigenvalue weighted by Gasteiger charge is 2.49. The van der Waals surface area contributed by atoms with Crippen LogP contribution in [0.1, 0.15) is 93.4 Å². The lowest BCUT2D eigenvalue weighted by Gasteiger charge is -2.57. The Hall–Kier alpha value is -0.0800. The van der Waals surface area contributed by atoms with Crippen LogP contribution < -0.4 is 0 Å². The minimum atomic E-state index is 0.122. The average molecular weight is 296 g/mol. The van der Waals surface area contributed by atoms with Crippen LogP contribution in [-0.4, -0.2) is 22.2 Å². The van der Waals surface area contributed by atoms with Crippen LogP contribution in [0, 0.1) is 11.3 Å². The first-order valence-electron chi connectivity index (χ1n) is 8.99. The van der Waals surface area contributed by atoms with E-state index in [1.807, 2.05) is 0 Å². The van der Waals surface area contributed by atoms with Gasteiger partial charge in [0.1, 0.15) is 0 Å². The molecule has 1 aliphatic carbocycles. The third-order valence-electron chi connectivity index (χ3n) is 5.62. The van der Waals surface area contributed by atoms with Gasteiger partial charge in [0.25, 0.3) is 0 Å². The van der Waals surface area contributed by atoms with E-state index in [4.69, 9.17) is 4.84 Å². The van der Waals surface area contributed by atoms with Crippen molar-refractivity contribution in [3.05, 3.63) is 0 Å². The third kappa shape index (κ3) is 4.01. The maximum Gasteiger partial charge on any atom is 0.0793 e. The second-order valence-electron chi connectivity index (χ2n) is 9.76. The van der Waals surface area contributed by atoms with Gasteiger partial charge in [0.2, 0.25) is 0 Å². The zero-order valence-corrected chi connectivity index (χ0v) is 15.5. The van der Waals surface area contributed by atoms with E-state index in [2.05, 4.69) is 53.5 Å². The molecule has 1 saturated carbocycles. The predicted molar refractivity (Wildman–Crippen MR) is 90.1 cm³/mol. The SMILES string of the molecule is CC(C)(C)C1CC(C)(C)N(OC2CCCCC2)C(C)(C)C1. The number of hydroxylamine groups is 2. The summed E-state index contributed by atoms with van der Waals surface area (Å²) < 4.78 is 0. The molecule has 2 aliphatic rings. The molecule has 0 atom stereocenters. The molecule has 0 bridgehead atoms. The highest BCUT2D eigenvalue weighted by molar-refractivity contribution is 4.99. The van der Waals surface area contributed by atoms with Gasteiger partial charge in [0.15, 0.2) is 0 Å². The normalized spacial score (nSPS) is 28.7. The van der Waals surface area contributed by atoms with Crippen LogP contribution in [0.15, 0.2) is 0 Å². The van der Waals surface area contributed by atoms with Crippen LogP contribution in [0.5, 0.6) is 0 Å². The lowest BCUT2D eigenvalue weighted by Crippen LogP contribution is -2.62. The fourth-order valence-corrected chi connectivity index (χ4v) is 4.48. The fourth-order valence-electron chi connectivity index (χ4n) is 4.48. The Morgan fingerprint density at radius 3 is 1.76 bits per heavy atom. The largest absolute Gasteiger partial charge is 0.295 e. The first-order chi connectivity index (χ1) is 9.52. The maximum absolute atomic E-state index is 6.56. The molecule has 1 aliphatic heterocycles. The lowest BCUT2D eigenvalue weighted by molar-refractivity contribution is -0.317. The number of piperidine rings is 1. The Morgan fingerprint density at radius 1 is 0.857 bits per heavy atom. The van der Waals surface area contributed by atoms with Crippen molar-refractivity contribution in [3.8, 4) is 0 Å². The van der Waals surface area contributed by atoms with E-state index in [0.29, 0.717) is 11.5 Å². The van der Waals surface area contributed by atoms with E-state index >= 15 is 0 Å². The van der Waals surface area contributed by atoms with E-state index in [1.54, 1.807) is 0 Å². The Balaban J connectivity index is 2.13. The van der Waals surface area contributed by atoms with Crippen molar-refractivity contribution >= 4 is 0 Å². The molecule has 2 nitrogen and oxygen atoms in total. The molecule has 124 valence electrons. The standard InChI is InChI=1S/C19H37NO/c1-17(2,3)15-13-18(4,5)20(19(6,7)14-15)21-16-11-9-8-10-12-16/h15-16H,8-14H2,1-7H3. The van der Waals surface area contributed by atoms with Crippen LogP contribution in [0.2, 0.25) is 0 Å². The summed E-state index contributed by atoms with van der Waals surface area (Å²) in [6, 6.07) is 0. The van der Waals surface area contributed by atoms with Gasteiger partial charge in [-0.25, -0.2) is 0 Å². The van der Waals surface area contributed by atoms with E-state index in [-0.39, 0.29) is 11.1 Å². The summed E-state index contributed by atoms with van der Waals surface area (Å²) in [5.41, 5.74) is 0.625. The average Bonchev–Trinajstić information content (AvgIpc) is 2.33. The molecule has 2 fully saturated rings. The summed E-state index contributed by atoms with van der Waals surface area (Å²) in [4.78, 5) is 6.56. The molecule has 0 aromatic heterocycles. The van der Waals surface area contributed by atoms with Crippen molar-refractivity contribution in [1.82, 2.24) is 5.06 Å². The van der Waals surface area contributed by atoms with Gasteiger partial charge >= 0.3 is 0 Å². The minimum Gasteiger partial charge on any atom is -0.295 e. The molecule has 1 saturated heterocycles. The summed E-state index contributed by atoms with van der Waals surface area (Å²) >= 11 is 0. The summed E-state index contributed by atoms with van der Waals surface area (Å²) in [6.45, 7) is 16.7. The number of nitrogens with zero attached hydrogens (tertiary/aromatic N) is 1. The molecule has 2 rings (SSSR count). The molecule has 0 radical (unpaired) electrons. The Morgan fingerprint density at radius 2 is 1.33 bits per heavy atom. The van der Waals surface area contributed by atoms with E-state index in [9.17, 15) is 0 Å². The lowest BCUT2D eigenvalue weighted by atomic mass is 9.65. The van der Waals surface area contributed by atoms with E-state index in [0.717, 1.165) is 5.92 Å². The summed E-state index contributed by atoms with van der Waals surface area (Å²) in [6.07, 6.45) is 9.45. The molecule has 2 heteroatoms. The zero-order valence-electron chi connectivity index (χ0n) is 15.5. The van der Waals surface area contributed by atoms with E-state index < -0.39 is 0 Å². The van der Waals surface area contributed by atoms with Gasteiger partial charge in [-0.1, -0.05) is 40.0 Å². The number of rotatable bonds is 2. The monoisotopic (exact) mass is 295 g/mol. The topological polar surface area (TPSA) is 12.5 Å². The third-order valence-corrected chi connectivity index (χ3v) is 5.62. The van der Waals surface area contributed by atoms with Crippen LogP contribution in [0.4, 0.5) is 0 Å². The van der Waals surface area contributed by atoms with Gasteiger partial charge in [-0.05, 0) is 64.7 Å². The van der Waals surface area contributed by atoms with Gasteiger partial charge in [0.05, 0.1) is 6.10 Å². The van der Waals surface area contributed by atoms with Crippen LogP contribution in [0.3, 0.4) is 0 Å². The van der Waals surface area contributed by atoms with Crippen molar-refractivity contribution in [2.75, 3.05) is 0 Å². The van der Waals surface area contributed by atoms with E-state index in [1.165, 1.54) is 44.9 Å². The van der Waals surface area contributed by atoms with Gasteiger partial charge in [-0.3, -0.25) is 4.84 Å².